The topological polar surface area (TPSA) is 78.4 Å². The largest absolute Gasteiger partial charge is 0.396 e. The molecule has 0 unspecified atom stereocenters. The van der Waals surface area contributed by atoms with E-state index < -0.39 is 11.8 Å². The van der Waals surface area contributed by atoms with Gasteiger partial charge >= 0.3 is 11.8 Å². The number of aliphatic hydroxyl groups is 1. The van der Waals surface area contributed by atoms with Gasteiger partial charge in [0, 0.05) is 19.2 Å². The zero-order valence-electron chi connectivity index (χ0n) is 10.4. The molecule has 2 atom stereocenters. The SMILES string of the molecule is C[C@@H]1CCCC[C@@H]1NC(=O)C(=O)NCCCO. The Hall–Kier alpha value is -1.10. The van der Waals surface area contributed by atoms with Crippen LogP contribution in [0.1, 0.15) is 39.0 Å². The number of aliphatic hydroxyl groups excluding tert-OH is 1. The lowest BCUT2D eigenvalue weighted by Crippen LogP contribution is -2.47. The van der Waals surface area contributed by atoms with Crippen molar-refractivity contribution in [3.8, 4) is 0 Å². The van der Waals surface area contributed by atoms with Crippen molar-refractivity contribution in [3.05, 3.63) is 0 Å². The molecule has 0 heterocycles. The van der Waals surface area contributed by atoms with Crippen LogP contribution in [0.2, 0.25) is 0 Å². The monoisotopic (exact) mass is 242 g/mol. The number of rotatable bonds is 4. The van der Waals surface area contributed by atoms with Crippen LogP contribution in [0.15, 0.2) is 0 Å². The summed E-state index contributed by atoms with van der Waals surface area (Å²) in [5.74, 6) is -0.712. The fourth-order valence-electron chi connectivity index (χ4n) is 2.13. The molecule has 2 amide bonds. The van der Waals surface area contributed by atoms with Crippen LogP contribution in [0, 0.1) is 5.92 Å². The molecule has 0 aromatic heterocycles. The minimum Gasteiger partial charge on any atom is -0.396 e. The molecule has 98 valence electrons. The van der Waals surface area contributed by atoms with E-state index in [1.54, 1.807) is 0 Å². The van der Waals surface area contributed by atoms with Crippen molar-refractivity contribution in [2.75, 3.05) is 13.2 Å². The van der Waals surface area contributed by atoms with E-state index in [9.17, 15) is 9.59 Å². The van der Waals surface area contributed by atoms with Gasteiger partial charge in [-0.05, 0) is 25.2 Å². The number of carbonyl (C=O) groups is 2. The first-order valence-electron chi connectivity index (χ1n) is 6.34. The summed E-state index contributed by atoms with van der Waals surface area (Å²) in [4.78, 5) is 23.0. The molecule has 0 spiro atoms. The molecule has 1 saturated carbocycles. The van der Waals surface area contributed by atoms with Crippen LogP contribution < -0.4 is 10.6 Å². The molecule has 17 heavy (non-hydrogen) atoms. The van der Waals surface area contributed by atoms with Gasteiger partial charge in [-0.25, -0.2) is 0 Å². The number of hydrogen-bond acceptors (Lipinski definition) is 3. The van der Waals surface area contributed by atoms with Gasteiger partial charge in [-0.2, -0.15) is 0 Å². The van der Waals surface area contributed by atoms with Crippen molar-refractivity contribution >= 4 is 11.8 Å². The predicted octanol–water partition coefficient (Wildman–Crippen LogP) is 0.180. The molecule has 1 aliphatic rings. The van der Waals surface area contributed by atoms with Crippen LogP contribution in [-0.4, -0.2) is 36.1 Å². The summed E-state index contributed by atoms with van der Waals surface area (Å²) < 4.78 is 0. The van der Waals surface area contributed by atoms with E-state index in [0.717, 1.165) is 19.3 Å². The molecule has 0 radical (unpaired) electrons. The minimum absolute atomic E-state index is 0.0154. The van der Waals surface area contributed by atoms with Crippen LogP contribution in [0.4, 0.5) is 0 Å². The Bertz CT molecular complexity index is 268. The lowest BCUT2D eigenvalue weighted by molar-refractivity contribution is -0.140. The maximum absolute atomic E-state index is 11.6. The average Bonchev–Trinajstić information content (AvgIpc) is 2.32. The van der Waals surface area contributed by atoms with E-state index in [2.05, 4.69) is 17.6 Å². The van der Waals surface area contributed by atoms with Crippen molar-refractivity contribution in [1.29, 1.82) is 0 Å². The Kier molecular flexibility index (Phi) is 5.97. The van der Waals surface area contributed by atoms with Gasteiger partial charge in [0.2, 0.25) is 0 Å². The molecule has 1 rings (SSSR count). The summed E-state index contributed by atoms with van der Waals surface area (Å²) >= 11 is 0. The zero-order chi connectivity index (χ0) is 12.7. The Labute approximate surface area is 102 Å². The maximum atomic E-state index is 11.6. The van der Waals surface area contributed by atoms with Crippen molar-refractivity contribution in [2.45, 2.75) is 45.1 Å². The average molecular weight is 242 g/mol. The highest BCUT2D eigenvalue weighted by Gasteiger charge is 2.25. The first-order valence-corrected chi connectivity index (χ1v) is 6.34. The van der Waals surface area contributed by atoms with Crippen LogP contribution in [0.3, 0.4) is 0 Å². The van der Waals surface area contributed by atoms with Gasteiger partial charge in [0.05, 0.1) is 0 Å². The van der Waals surface area contributed by atoms with E-state index in [4.69, 9.17) is 5.11 Å². The van der Waals surface area contributed by atoms with Crippen molar-refractivity contribution in [1.82, 2.24) is 10.6 Å². The second-order valence-electron chi connectivity index (χ2n) is 4.67. The molecule has 1 fully saturated rings. The van der Waals surface area contributed by atoms with Crippen LogP contribution in [0.25, 0.3) is 0 Å². The molecule has 0 aromatic carbocycles. The van der Waals surface area contributed by atoms with E-state index in [1.165, 1.54) is 6.42 Å². The van der Waals surface area contributed by atoms with Crippen LogP contribution in [-0.2, 0) is 9.59 Å². The van der Waals surface area contributed by atoms with Gasteiger partial charge in [0.1, 0.15) is 0 Å². The summed E-state index contributed by atoms with van der Waals surface area (Å²) in [6.07, 6.45) is 4.85. The number of nitrogens with one attached hydrogen (secondary N) is 2. The molecule has 0 aliphatic heterocycles. The highest BCUT2D eigenvalue weighted by molar-refractivity contribution is 6.35. The molecule has 3 N–H and O–H groups in total. The van der Waals surface area contributed by atoms with E-state index in [1.807, 2.05) is 0 Å². The summed E-state index contributed by atoms with van der Waals surface area (Å²) in [7, 11) is 0. The first kappa shape index (κ1) is 14.0. The molecular formula is C12H22N2O3. The molecule has 0 saturated heterocycles. The van der Waals surface area contributed by atoms with Crippen LogP contribution >= 0.6 is 0 Å². The Morgan fingerprint density at radius 3 is 2.59 bits per heavy atom. The Morgan fingerprint density at radius 1 is 1.24 bits per heavy atom. The third-order valence-corrected chi connectivity index (χ3v) is 3.25. The van der Waals surface area contributed by atoms with Gasteiger partial charge in [0.25, 0.3) is 0 Å². The second-order valence-corrected chi connectivity index (χ2v) is 4.67. The van der Waals surface area contributed by atoms with Crippen molar-refractivity contribution in [3.63, 3.8) is 0 Å². The standard InChI is InChI=1S/C12H22N2O3/c1-9-5-2-3-6-10(9)14-12(17)11(16)13-7-4-8-15/h9-10,15H,2-8H2,1H3,(H,13,16)(H,14,17)/t9-,10+/m1/s1. The molecule has 0 aromatic rings. The summed E-state index contributed by atoms with van der Waals surface area (Å²) in [6.45, 7) is 2.46. The normalized spacial score (nSPS) is 24.1. The van der Waals surface area contributed by atoms with E-state index in [-0.39, 0.29) is 12.6 Å². The van der Waals surface area contributed by atoms with Gasteiger partial charge in [-0.1, -0.05) is 19.8 Å². The summed E-state index contributed by atoms with van der Waals surface area (Å²) in [5, 5.41) is 13.8. The summed E-state index contributed by atoms with van der Waals surface area (Å²) in [6, 6.07) is 0.125. The van der Waals surface area contributed by atoms with Gasteiger partial charge in [0.15, 0.2) is 0 Å². The van der Waals surface area contributed by atoms with Crippen molar-refractivity contribution < 1.29 is 14.7 Å². The Balaban J connectivity index is 2.29. The highest BCUT2D eigenvalue weighted by Crippen LogP contribution is 2.23. The zero-order valence-corrected chi connectivity index (χ0v) is 10.4. The highest BCUT2D eigenvalue weighted by atomic mass is 16.3. The second kappa shape index (κ2) is 7.27. The lowest BCUT2D eigenvalue weighted by atomic mass is 9.86. The molecule has 5 nitrogen and oxygen atoms in total. The van der Waals surface area contributed by atoms with Gasteiger partial charge < -0.3 is 15.7 Å². The number of amides is 2. The third-order valence-electron chi connectivity index (χ3n) is 3.25. The molecular weight excluding hydrogens is 220 g/mol. The predicted molar refractivity (Wildman–Crippen MR) is 64.3 cm³/mol. The van der Waals surface area contributed by atoms with Crippen molar-refractivity contribution in [2.24, 2.45) is 5.92 Å². The van der Waals surface area contributed by atoms with E-state index in [0.29, 0.717) is 18.9 Å². The smallest absolute Gasteiger partial charge is 0.309 e. The molecule has 0 bridgehead atoms. The molecule has 5 heteroatoms. The summed E-state index contributed by atoms with van der Waals surface area (Å²) in [5.41, 5.74) is 0. The fourth-order valence-corrected chi connectivity index (χ4v) is 2.13. The first-order chi connectivity index (χ1) is 8.15. The number of hydrogen-bond donors (Lipinski definition) is 3. The Morgan fingerprint density at radius 2 is 1.94 bits per heavy atom. The van der Waals surface area contributed by atoms with Crippen LogP contribution in [0.5, 0.6) is 0 Å². The third kappa shape index (κ3) is 4.73. The quantitative estimate of drug-likeness (QED) is 0.486. The number of carbonyl (C=O) groups excluding carboxylic acids is 2. The van der Waals surface area contributed by atoms with Gasteiger partial charge in [-0.15, -0.1) is 0 Å². The minimum atomic E-state index is -0.601. The van der Waals surface area contributed by atoms with E-state index >= 15 is 0 Å². The fraction of sp³-hybridized carbons (Fsp3) is 0.833. The maximum Gasteiger partial charge on any atom is 0.309 e. The van der Waals surface area contributed by atoms with Gasteiger partial charge in [-0.3, -0.25) is 9.59 Å². The lowest BCUT2D eigenvalue weighted by Gasteiger charge is -2.29. The molecule has 1 aliphatic carbocycles.